The quantitative estimate of drug-likeness (QED) is 0.535. The Morgan fingerprint density at radius 2 is 1.46 bits per heavy atom. The second-order valence-electron chi connectivity index (χ2n) is 8.58. The van der Waals surface area contributed by atoms with Crippen LogP contribution in [0.2, 0.25) is 5.15 Å². The molecule has 5 heteroatoms. The number of aromatic nitrogens is 1. The molecular formula is C23H24ClNO3. The fourth-order valence-electron chi connectivity index (χ4n) is 4.08. The maximum absolute atomic E-state index is 13.2. The van der Waals surface area contributed by atoms with E-state index in [0.717, 1.165) is 22.4 Å². The van der Waals surface area contributed by atoms with Gasteiger partial charge in [-0.15, -0.1) is 0 Å². The molecule has 1 heterocycles. The van der Waals surface area contributed by atoms with Gasteiger partial charge in [0.05, 0.1) is 10.8 Å². The molecule has 28 heavy (non-hydrogen) atoms. The number of benzene rings is 1. The van der Waals surface area contributed by atoms with Gasteiger partial charge in [-0.25, -0.2) is 4.98 Å². The molecule has 1 aliphatic carbocycles. The summed E-state index contributed by atoms with van der Waals surface area (Å²) >= 11 is 5.96. The van der Waals surface area contributed by atoms with E-state index in [-0.39, 0.29) is 17.3 Å². The Kier molecular flexibility index (Phi) is 4.83. The monoisotopic (exact) mass is 397 g/mol. The standard InChI is InChI=1S/C23H24ClNO3/c1-12-7-8-14(15-9-10-17(24)25-13(15)2)11-16(12)18-19(26)22(3,4)21(28)23(5,6)20(18)27/h7-11,18H,1-6H3. The summed E-state index contributed by atoms with van der Waals surface area (Å²) in [5, 5.41) is 0.410. The zero-order valence-electron chi connectivity index (χ0n) is 17.0. The van der Waals surface area contributed by atoms with Crippen molar-refractivity contribution in [1.29, 1.82) is 0 Å². The minimum atomic E-state index is -1.21. The maximum atomic E-state index is 13.2. The molecule has 1 aliphatic rings. The molecule has 1 fully saturated rings. The molecule has 0 spiro atoms. The SMILES string of the molecule is Cc1ccc(-c2ccc(Cl)nc2C)cc1C1C(=O)C(C)(C)C(=O)C(C)(C)C1=O. The molecule has 0 unspecified atom stereocenters. The second kappa shape index (κ2) is 6.63. The van der Waals surface area contributed by atoms with E-state index in [2.05, 4.69) is 4.98 Å². The van der Waals surface area contributed by atoms with Gasteiger partial charge in [0, 0.05) is 11.3 Å². The maximum Gasteiger partial charge on any atom is 0.160 e. The van der Waals surface area contributed by atoms with Gasteiger partial charge in [-0.3, -0.25) is 14.4 Å². The third-order valence-electron chi connectivity index (χ3n) is 5.84. The number of rotatable bonds is 2. The largest absolute Gasteiger partial charge is 0.298 e. The predicted molar refractivity (Wildman–Crippen MR) is 109 cm³/mol. The van der Waals surface area contributed by atoms with Crippen LogP contribution in [-0.2, 0) is 14.4 Å². The number of aryl methyl sites for hydroxylation is 2. The molecule has 0 amide bonds. The molecular weight excluding hydrogens is 374 g/mol. The van der Waals surface area contributed by atoms with Crippen LogP contribution in [0.4, 0.5) is 0 Å². The lowest BCUT2D eigenvalue weighted by Gasteiger charge is -2.41. The number of hydrogen-bond acceptors (Lipinski definition) is 4. The zero-order valence-corrected chi connectivity index (χ0v) is 17.8. The number of carbonyl (C=O) groups excluding carboxylic acids is 3. The Morgan fingerprint density at radius 1 is 0.893 bits per heavy atom. The third-order valence-corrected chi connectivity index (χ3v) is 6.06. The molecule has 0 bridgehead atoms. The number of halogens is 1. The van der Waals surface area contributed by atoms with Gasteiger partial charge in [-0.2, -0.15) is 0 Å². The van der Waals surface area contributed by atoms with Crippen molar-refractivity contribution in [2.24, 2.45) is 10.8 Å². The minimum absolute atomic E-state index is 0.321. The Bertz CT molecular complexity index is 991. The number of nitrogens with zero attached hydrogens (tertiary/aromatic N) is 1. The Morgan fingerprint density at radius 3 is 2.00 bits per heavy atom. The zero-order chi connectivity index (χ0) is 21.0. The number of pyridine rings is 1. The average molecular weight is 398 g/mol. The Balaban J connectivity index is 2.19. The van der Waals surface area contributed by atoms with Crippen LogP contribution in [-0.4, -0.2) is 22.3 Å². The lowest BCUT2D eigenvalue weighted by molar-refractivity contribution is -0.157. The fourth-order valence-corrected chi connectivity index (χ4v) is 4.27. The average Bonchev–Trinajstić information content (AvgIpc) is 2.61. The van der Waals surface area contributed by atoms with Crippen molar-refractivity contribution >= 4 is 29.0 Å². The van der Waals surface area contributed by atoms with E-state index in [1.165, 1.54) is 0 Å². The normalized spacial score (nSPS) is 19.2. The molecule has 1 aromatic heterocycles. The van der Waals surface area contributed by atoms with Crippen LogP contribution in [0.1, 0.15) is 50.4 Å². The van der Waals surface area contributed by atoms with Crippen molar-refractivity contribution in [2.75, 3.05) is 0 Å². The highest BCUT2D eigenvalue weighted by atomic mass is 35.5. The molecule has 4 nitrogen and oxygen atoms in total. The summed E-state index contributed by atoms with van der Waals surface area (Å²) in [7, 11) is 0. The molecule has 0 radical (unpaired) electrons. The number of carbonyl (C=O) groups is 3. The number of Topliss-reactive ketones (excluding diaryl/α,β-unsaturated/α-hetero) is 3. The summed E-state index contributed by atoms with van der Waals surface area (Å²) in [5.41, 5.74) is 1.59. The first-order chi connectivity index (χ1) is 12.9. The van der Waals surface area contributed by atoms with Gasteiger partial charge in [0.25, 0.3) is 0 Å². The summed E-state index contributed by atoms with van der Waals surface area (Å²) in [6, 6.07) is 9.30. The van der Waals surface area contributed by atoms with E-state index in [0.29, 0.717) is 10.7 Å². The summed E-state index contributed by atoms with van der Waals surface area (Å²) in [5.74, 6) is -1.96. The lowest BCUT2D eigenvalue weighted by atomic mass is 9.57. The number of hydrogen-bond donors (Lipinski definition) is 0. The first kappa shape index (κ1) is 20.4. The highest BCUT2D eigenvalue weighted by Gasteiger charge is 2.58. The van der Waals surface area contributed by atoms with Gasteiger partial charge >= 0.3 is 0 Å². The van der Waals surface area contributed by atoms with Crippen LogP contribution in [0.3, 0.4) is 0 Å². The molecule has 0 saturated heterocycles. The minimum Gasteiger partial charge on any atom is -0.298 e. The van der Waals surface area contributed by atoms with E-state index in [1.807, 2.05) is 38.1 Å². The van der Waals surface area contributed by atoms with E-state index in [9.17, 15) is 14.4 Å². The molecule has 0 aliphatic heterocycles. The first-order valence-electron chi connectivity index (χ1n) is 9.26. The van der Waals surface area contributed by atoms with Crippen LogP contribution in [0.5, 0.6) is 0 Å². The van der Waals surface area contributed by atoms with Crippen LogP contribution < -0.4 is 0 Å². The summed E-state index contributed by atoms with van der Waals surface area (Å²) < 4.78 is 0. The van der Waals surface area contributed by atoms with E-state index >= 15 is 0 Å². The van der Waals surface area contributed by atoms with Crippen LogP contribution in [0.15, 0.2) is 30.3 Å². The van der Waals surface area contributed by atoms with Crippen molar-refractivity contribution in [1.82, 2.24) is 4.98 Å². The summed E-state index contributed by atoms with van der Waals surface area (Å²) in [6.07, 6.45) is 0. The van der Waals surface area contributed by atoms with Gasteiger partial charge in [0.15, 0.2) is 17.3 Å². The van der Waals surface area contributed by atoms with Crippen molar-refractivity contribution in [2.45, 2.75) is 47.5 Å². The highest BCUT2D eigenvalue weighted by Crippen LogP contribution is 2.45. The van der Waals surface area contributed by atoms with Crippen LogP contribution in [0, 0.1) is 24.7 Å². The van der Waals surface area contributed by atoms with Gasteiger partial charge < -0.3 is 0 Å². The molecule has 3 rings (SSSR count). The molecule has 146 valence electrons. The van der Waals surface area contributed by atoms with Gasteiger partial charge in [-0.1, -0.05) is 23.7 Å². The van der Waals surface area contributed by atoms with Gasteiger partial charge in [0.1, 0.15) is 11.1 Å². The summed E-state index contributed by atoms with van der Waals surface area (Å²) in [6.45, 7) is 10.2. The van der Waals surface area contributed by atoms with E-state index in [1.54, 1.807) is 33.8 Å². The smallest absolute Gasteiger partial charge is 0.160 e. The lowest BCUT2D eigenvalue weighted by Crippen LogP contribution is -2.56. The first-order valence-corrected chi connectivity index (χ1v) is 9.64. The third kappa shape index (κ3) is 3.00. The van der Waals surface area contributed by atoms with Crippen molar-refractivity contribution < 1.29 is 14.4 Å². The van der Waals surface area contributed by atoms with Crippen molar-refractivity contribution in [3.63, 3.8) is 0 Å². The molecule has 1 saturated carbocycles. The van der Waals surface area contributed by atoms with Crippen molar-refractivity contribution in [3.05, 3.63) is 52.3 Å². The highest BCUT2D eigenvalue weighted by molar-refractivity contribution is 6.30. The van der Waals surface area contributed by atoms with Crippen LogP contribution >= 0.6 is 11.6 Å². The van der Waals surface area contributed by atoms with Gasteiger partial charge in [0.2, 0.25) is 0 Å². The molecule has 2 aromatic rings. The molecule has 0 N–H and O–H groups in total. The summed E-state index contributed by atoms with van der Waals surface area (Å²) in [4.78, 5) is 43.4. The van der Waals surface area contributed by atoms with Crippen molar-refractivity contribution in [3.8, 4) is 11.1 Å². The fraction of sp³-hybridized carbons (Fsp3) is 0.391. The van der Waals surface area contributed by atoms with Crippen LogP contribution in [0.25, 0.3) is 11.1 Å². The van der Waals surface area contributed by atoms with E-state index in [4.69, 9.17) is 11.6 Å². The van der Waals surface area contributed by atoms with E-state index < -0.39 is 16.7 Å². The molecule has 1 aromatic carbocycles. The topological polar surface area (TPSA) is 64.1 Å². The second-order valence-corrected chi connectivity index (χ2v) is 8.97. The Hall–Kier alpha value is -2.33. The predicted octanol–water partition coefficient (Wildman–Crippen LogP) is 4.88. The number of ketones is 3. The molecule has 0 atom stereocenters. The Labute approximate surface area is 170 Å². The van der Waals surface area contributed by atoms with Gasteiger partial charge in [-0.05, 0) is 76.4 Å².